The highest BCUT2D eigenvalue weighted by molar-refractivity contribution is 4.73. The summed E-state index contributed by atoms with van der Waals surface area (Å²) in [5.74, 6) is 0.585. The number of ether oxygens (including phenoxy) is 1. The second-order valence-corrected chi connectivity index (χ2v) is 5.88. The van der Waals surface area contributed by atoms with Crippen LogP contribution in [-0.4, -0.2) is 23.9 Å². The fourth-order valence-corrected chi connectivity index (χ4v) is 3.36. The second kappa shape index (κ2) is 7.38. The lowest BCUT2D eigenvalue weighted by Crippen LogP contribution is -2.20. The Morgan fingerprint density at radius 3 is 2.41 bits per heavy atom. The van der Waals surface area contributed by atoms with Crippen LogP contribution >= 0.6 is 0 Å². The van der Waals surface area contributed by atoms with Crippen LogP contribution < -0.4 is 0 Å². The van der Waals surface area contributed by atoms with Crippen molar-refractivity contribution in [3.05, 3.63) is 0 Å². The molecule has 0 aromatic rings. The van der Waals surface area contributed by atoms with Gasteiger partial charge in [0.05, 0.1) is 12.2 Å². The summed E-state index contributed by atoms with van der Waals surface area (Å²) in [5.41, 5.74) is 0. The molecule has 0 radical (unpaired) electrons. The maximum Gasteiger partial charge on any atom is 0.0576 e. The van der Waals surface area contributed by atoms with Crippen LogP contribution in [0.15, 0.2) is 0 Å². The zero-order valence-electron chi connectivity index (χ0n) is 11.1. The van der Waals surface area contributed by atoms with E-state index in [-0.39, 0.29) is 6.10 Å². The minimum Gasteiger partial charge on any atom is -0.393 e. The molecule has 0 spiro atoms. The smallest absolute Gasteiger partial charge is 0.0576 e. The third-order valence-corrected chi connectivity index (χ3v) is 4.49. The molecular weight excluding hydrogens is 212 g/mol. The molecule has 2 aliphatic rings. The van der Waals surface area contributed by atoms with Gasteiger partial charge in [0.2, 0.25) is 0 Å². The van der Waals surface area contributed by atoms with Gasteiger partial charge in [-0.25, -0.2) is 0 Å². The van der Waals surface area contributed by atoms with Crippen LogP contribution in [-0.2, 0) is 4.74 Å². The molecule has 2 fully saturated rings. The Morgan fingerprint density at radius 2 is 1.76 bits per heavy atom. The Labute approximate surface area is 106 Å². The van der Waals surface area contributed by atoms with Gasteiger partial charge in [0.15, 0.2) is 0 Å². The molecule has 0 amide bonds. The first-order valence-electron chi connectivity index (χ1n) is 7.66. The number of hydrogen-bond donors (Lipinski definition) is 1. The fraction of sp³-hybridized carbons (Fsp3) is 1.00. The maximum atomic E-state index is 10.2. The minimum absolute atomic E-state index is 0.0468. The van der Waals surface area contributed by atoms with Crippen molar-refractivity contribution in [1.29, 1.82) is 0 Å². The van der Waals surface area contributed by atoms with Crippen molar-refractivity contribution in [1.82, 2.24) is 0 Å². The first kappa shape index (κ1) is 13.4. The Kier molecular flexibility index (Phi) is 5.79. The van der Waals surface area contributed by atoms with Crippen molar-refractivity contribution >= 4 is 0 Å². The highest BCUT2D eigenvalue weighted by atomic mass is 16.5. The van der Waals surface area contributed by atoms with Gasteiger partial charge in [-0.05, 0) is 50.9 Å². The summed E-state index contributed by atoms with van der Waals surface area (Å²) in [5, 5.41) is 10.2. The number of aliphatic hydroxyl groups is 1. The van der Waals surface area contributed by atoms with Gasteiger partial charge >= 0.3 is 0 Å². The van der Waals surface area contributed by atoms with E-state index >= 15 is 0 Å². The van der Waals surface area contributed by atoms with Crippen LogP contribution in [0.4, 0.5) is 0 Å². The van der Waals surface area contributed by atoms with Crippen molar-refractivity contribution < 1.29 is 9.84 Å². The molecule has 2 rings (SSSR count). The predicted octanol–water partition coefficient (Wildman–Crippen LogP) is 3.67. The van der Waals surface area contributed by atoms with Crippen LogP contribution in [0.1, 0.15) is 70.6 Å². The minimum atomic E-state index is -0.0468. The molecule has 2 heteroatoms. The van der Waals surface area contributed by atoms with E-state index in [4.69, 9.17) is 4.74 Å². The molecule has 2 unspecified atom stereocenters. The Balaban J connectivity index is 1.60. The average molecular weight is 240 g/mol. The van der Waals surface area contributed by atoms with Crippen molar-refractivity contribution in [2.45, 2.75) is 82.8 Å². The van der Waals surface area contributed by atoms with Gasteiger partial charge in [-0.3, -0.25) is 0 Å². The van der Waals surface area contributed by atoms with Gasteiger partial charge in [0.1, 0.15) is 0 Å². The zero-order chi connectivity index (χ0) is 11.9. The molecule has 0 aromatic carbocycles. The first-order valence-corrected chi connectivity index (χ1v) is 7.66. The van der Waals surface area contributed by atoms with E-state index in [9.17, 15) is 5.11 Å². The van der Waals surface area contributed by atoms with E-state index in [1.54, 1.807) is 0 Å². The number of aliphatic hydroxyl groups excluding tert-OH is 1. The molecular formula is C15H28O2. The Bertz CT molecular complexity index is 191. The SMILES string of the molecule is OC(CCCC1CCCO1)C1CCCCCC1. The fourth-order valence-electron chi connectivity index (χ4n) is 3.36. The molecule has 100 valence electrons. The summed E-state index contributed by atoms with van der Waals surface area (Å²) < 4.78 is 5.62. The van der Waals surface area contributed by atoms with Gasteiger partial charge in [0, 0.05) is 6.61 Å². The zero-order valence-corrected chi connectivity index (χ0v) is 11.1. The first-order chi connectivity index (χ1) is 8.36. The molecule has 2 nitrogen and oxygen atoms in total. The summed E-state index contributed by atoms with van der Waals surface area (Å²) >= 11 is 0. The molecule has 1 heterocycles. The van der Waals surface area contributed by atoms with Crippen LogP contribution in [0.25, 0.3) is 0 Å². The van der Waals surface area contributed by atoms with Crippen molar-refractivity contribution in [2.75, 3.05) is 6.61 Å². The number of hydrogen-bond acceptors (Lipinski definition) is 2. The lowest BCUT2D eigenvalue weighted by Gasteiger charge is -2.21. The molecule has 1 aliphatic carbocycles. The predicted molar refractivity (Wildman–Crippen MR) is 70.0 cm³/mol. The summed E-state index contributed by atoms with van der Waals surface area (Å²) in [6, 6.07) is 0. The average Bonchev–Trinajstić information content (AvgIpc) is 2.69. The largest absolute Gasteiger partial charge is 0.393 e. The van der Waals surface area contributed by atoms with Gasteiger partial charge in [-0.15, -0.1) is 0 Å². The molecule has 1 saturated heterocycles. The Morgan fingerprint density at radius 1 is 1.00 bits per heavy atom. The van der Waals surface area contributed by atoms with E-state index in [2.05, 4.69) is 0 Å². The maximum absolute atomic E-state index is 10.2. The summed E-state index contributed by atoms with van der Waals surface area (Å²) in [6.07, 6.45) is 14.1. The van der Waals surface area contributed by atoms with E-state index in [0.29, 0.717) is 12.0 Å². The molecule has 1 aliphatic heterocycles. The normalized spacial score (nSPS) is 29.1. The van der Waals surface area contributed by atoms with Gasteiger partial charge in [0.25, 0.3) is 0 Å². The second-order valence-electron chi connectivity index (χ2n) is 5.88. The van der Waals surface area contributed by atoms with Crippen molar-refractivity contribution in [2.24, 2.45) is 5.92 Å². The highest BCUT2D eigenvalue weighted by Gasteiger charge is 2.21. The Hall–Kier alpha value is -0.0800. The summed E-state index contributed by atoms with van der Waals surface area (Å²) in [6.45, 7) is 0.954. The summed E-state index contributed by atoms with van der Waals surface area (Å²) in [4.78, 5) is 0. The van der Waals surface area contributed by atoms with Gasteiger partial charge < -0.3 is 9.84 Å². The monoisotopic (exact) mass is 240 g/mol. The molecule has 1 N–H and O–H groups in total. The molecule has 2 atom stereocenters. The quantitative estimate of drug-likeness (QED) is 0.743. The van der Waals surface area contributed by atoms with Crippen LogP contribution in [0.3, 0.4) is 0 Å². The van der Waals surface area contributed by atoms with E-state index in [1.807, 2.05) is 0 Å². The van der Waals surface area contributed by atoms with Gasteiger partial charge in [-0.2, -0.15) is 0 Å². The lowest BCUT2D eigenvalue weighted by molar-refractivity contribution is 0.0720. The van der Waals surface area contributed by atoms with E-state index < -0.39 is 0 Å². The summed E-state index contributed by atoms with van der Waals surface area (Å²) in [7, 11) is 0. The molecule has 0 aromatic heterocycles. The molecule has 1 saturated carbocycles. The standard InChI is InChI=1S/C15H28O2/c16-15(13-7-3-1-2-4-8-13)11-5-9-14-10-6-12-17-14/h13-16H,1-12H2. The highest BCUT2D eigenvalue weighted by Crippen LogP contribution is 2.28. The van der Waals surface area contributed by atoms with Crippen LogP contribution in [0.5, 0.6) is 0 Å². The third kappa shape index (κ3) is 4.59. The van der Waals surface area contributed by atoms with Crippen molar-refractivity contribution in [3.8, 4) is 0 Å². The molecule has 0 bridgehead atoms. The van der Waals surface area contributed by atoms with Gasteiger partial charge in [-0.1, -0.05) is 25.7 Å². The van der Waals surface area contributed by atoms with E-state index in [0.717, 1.165) is 25.9 Å². The lowest BCUT2D eigenvalue weighted by atomic mass is 9.90. The van der Waals surface area contributed by atoms with Crippen LogP contribution in [0, 0.1) is 5.92 Å². The third-order valence-electron chi connectivity index (χ3n) is 4.49. The topological polar surface area (TPSA) is 29.5 Å². The number of rotatable bonds is 5. The van der Waals surface area contributed by atoms with Crippen LogP contribution in [0.2, 0.25) is 0 Å². The molecule has 17 heavy (non-hydrogen) atoms. The van der Waals surface area contributed by atoms with Crippen molar-refractivity contribution in [3.63, 3.8) is 0 Å². The van der Waals surface area contributed by atoms with E-state index in [1.165, 1.54) is 51.4 Å².